The fourth-order valence-corrected chi connectivity index (χ4v) is 2.68. The van der Waals surface area contributed by atoms with Crippen molar-refractivity contribution in [3.8, 4) is 5.75 Å². The lowest BCUT2D eigenvalue weighted by atomic mass is 10.2. The van der Waals surface area contributed by atoms with E-state index in [0.717, 1.165) is 43.0 Å². The molecule has 1 aromatic carbocycles. The van der Waals surface area contributed by atoms with E-state index in [4.69, 9.17) is 21.3 Å². The van der Waals surface area contributed by atoms with Crippen molar-refractivity contribution in [2.75, 3.05) is 33.6 Å². The van der Waals surface area contributed by atoms with Crippen molar-refractivity contribution < 1.29 is 4.74 Å². The topological polar surface area (TPSA) is 30.3 Å². The molecule has 0 unspecified atom stereocenters. The molecule has 21 heavy (non-hydrogen) atoms. The Morgan fingerprint density at radius 3 is 2.76 bits per heavy atom. The zero-order chi connectivity index (χ0) is 15.2. The molecule has 0 fully saturated rings. The summed E-state index contributed by atoms with van der Waals surface area (Å²) >= 11 is 5.91. The van der Waals surface area contributed by atoms with Gasteiger partial charge >= 0.3 is 0 Å². The Hall–Kier alpha value is -1.26. The Kier molecular flexibility index (Phi) is 5.88. The summed E-state index contributed by atoms with van der Waals surface area (Å²) < 4.78 is 7.57. The molecule has 0 atom stereocenters. The molecule has 0 aliphatic carbocycles. The number of rotatable bonds is 8. The van der Waals surface area contributed by atoms with Gasteiger partial charge in [0.05, 0.1) is 18.1 Å². The van der Waals surface area contributed by atoms with Crippen LogP contribution in [0.3, 0.4) is 0 Å². The van der Waals surface area contributed by atoms with Crippen LogP contribution in [0.1, 0.15) is 18.7 Å². The van der Waals surface area contributed by atoms with E-state index in [1.165, 1.54) is 11.9 Å². The molecule has 4 nitrogen and oxygen atoms in total. The van der Waals surface area contributed by atoms with Crippen LogP contribution in [-0.4, -0.2) is 48.1 Å². The number of hydrogen-bond donors (Lipinski definition) is 0. The van der Waals surface area contributed by atoms with Gasteiger partial charge in [-0.25, -0.2) is 4.98 Å². The highest BCUT2D eigenvalue weighted by molar-refractivity contribution is 6.17. The number of hydrogen-bond acceptors (Lipinski definition) is 3. The summed E-state index contributed by atoms with van der Waals surface area (Å²) in [5.41, 5.74) is 2.16. The third-order valence-electron chi connectivity index (χ3n) is 3.59. The Morgan fingerprint density at radius 1 is 1.29 bits per heavy atom. The van der Waals surface area contributed by atoms with E-state index in [9.17, 15) is 0 Å². The predicted octanol–water partition coefficient (Wildman–Crippen LogP) is 3.17. The average Bonchev–Trinajstić information content (AvgIpc) is 2.80. The molecular weight excluding hydrogens is 286 g/mol. The van der Waals surface area contributed by atoms with E-state index >= 15 is 0 Å². The maximum absolute atomic E-state index is 5.91. The number of benzene rings is 1. The Bertz CT molecular complexity index is 580. The molecule has 0 aliphatic heterocycles. The van der Waals surface area contributed by atoms with Crippen LogP contribution in [0.4, 0.5) is 0 Å². The fourth-order valence-electron chi connectivity index (χ4n) is 2.51. The summed E-state index contributed by atoms with van der Waals surface area (Å²) in [6.07, 6.45) is 3.13. The van der Waals surface area contributed by atoms with Gasteiger partial charge in [0, 0.05) is 24.9 Å². The molecule has 0 amide bonds. The molecule has 0 saturated carbocycles. The fraction of sp³-hybridized carbons (Fsp3) is 0.562. The van der Waals surface area contributed by atoms with Gasteiger partial charge in [0.2, 0.25) is 0 Å². The number of halogens is 1. The third kappa shape index (κ3) is 4.11. The highest BCUT2D eigenvalue weighted by Crippen LogP contribution is 2.22. The maximum atomic E-state index is 5.91. The number of nitrogens with zero attached hydrogens (tertiary/aromatic N) is 3. The van der Waals surface area contributed by atoms with Crippen molar-refractivity contribution in [1.82, 2.24) is 14.5 Å². The van der Waals surface area contributed by atoms with E-state index in [-0.39, 0.29) is 0 Å². The molecule has 2 rings (SSSR count). The first-order valence-electron chi connectivity index (χ1n) is 7.39. The molecule has 2 aromatic rings. The summed E-state index contributed by atoms with van der Waals surface area (Å²) in [7, 11) is 5.90. The van der Waals surface area contributed by atoms with Gasteiger partial charge in [-0.2, -0.15) is 0 Å². The van der Waals surface area contributed by atoms with Crippen molar-refractivity contribution in [2.45, 2.75) is 25.8 Å². The lowest BCUT2D eigenvalue weighted by Crippen LogP contribution is -2.14. The summed E-state index contributed by atoms with van der Waals surface area (Å²) in [6.45, 7) is 2.11. The molecule has 0 aliphatic rings. The number of alkyl halides is 1. The van der Waals surface area contributed by atoms with Gasteiger partial charge in [-0.15, -0.1) is 11.6 Å². The monoisotopic (exact) mass is 309 g/mol. The van der Waals surface area contributed by atoms with Crippen molar-refractivity contribution in [3.05, 3.63) is 24.0 Å². The van der Waals surface area contributed by atoms with Crippen LogP contribution in [0.2, 0.25) is 0 Å². The first-order chi connectivity index (χ1) is 10.2. The summed E-state index contributed by atoms with van der Waals surface area (Å²) in [5.74, 6) is 2.51. The smallest absolute Gasteiger partial charge is 0.121 e. The molecule has 0 saturated heterocycles. The first-order valence-corrected chi connectivity index (χ1v) is 7.93. The minimum Gasteiger partial charge on any atom is -0.497 e. The first kappa shape index (κ1) is 16.1. The van der Waals surface area contributed by atoms with Gasteiger partial charge in [-0.05, 0) is 45.6 Å². The highest BCUT2D eigenvalue weighted by atomic mass is 35.5. The van der Waals surface area contributed by atoms with Crippen molar-refractivity contribution >= 4 is 22.6 Å². The largest absolute Gasteiger partial charge is 0.497 e. The van der Waals surface area contributed by atoms with E-state index < -0.39 is 0 Å². The quantitative estimate of drug-likeness (QED) is 0.554. The van der Waals surface area contributed by atoms with Crippen LogP contribution in [0.5, 0.6) is 5.75 Å². The van der Waals surface area contributed by atoms with Crippen LogP contribution in [0.15, 0.2) is 18.2 Å². The minimum atomic E-state index is 0.595. The molecular formula is C16H24ClN3O. The van der Waals surface area contributed by atoms with Gasteiger partial charge in [0.1, 0.15) is 11.6 Å². The van der Waals surface area contributed by atoms with Crippen molar-refractivity contribution in [2.24, 2.45) is 0 Å². The van der Waals surface area contributed by atoms with Crippen molar-refractivity contribution in [1.29, 1.82) is 0 Å². The molecule has 1 aromatic heterocycles. The van der Waals surface area contributed by atoms with Gasteiger partial charge in [-0.3, -0.25) is 0 Å². The SMILES string of the molecule is COc1ccc2c(c1)nc(CCCl)n2CCCCN(C)C. The number of aromatic nitrogens is 2. The summed E-state index contributed by atoms with van der Waals surface area (Å²) in [5, 5.41) is 0. The summed E-state index contributed by atoms with van der Waals surface area (Å²) in [6, 6.07) is 6.07. The van der Waals surface area contributed by atoms with Gasteiger partial charge in [-0.1, -0.05) is 0 Å². The number of imidazole rings is 1. The van der Waals surface area contributed by atoms with Gasteiger partial charge in [0.25, 0.3) is 0 Å². The number of ether oxygens (including phenoxy) is 1. The maximum Gasteiger partial charge on any atom is 0.121 e. The zero-order valence-electron chi connectivity index (χ0n) is 13.1. The number of unbranched alkanes of at least 4 members (excludes halogenated alkanes) is 1. The lowest BCUT2D eigenvalue weighted by molar-refractivity contribution is 0.387. The Balaban J connectivity index is 2.20. The van der Waals surface area contributed by atoms with Crippen LogP contribution in [-0.2, 0) is 13.0 Å². The van der Waals surface area contributed by atoms with E-state index in [2.05, 4.69) is 29.6 Å². The van der Waals surface area contributed by atoms with Crippen LogP contribution in [0.25, 0.3) is 11.0 Å². The second kappa shape index (κ2) is 7.66. The molecule has 0 spiro atoms. The predicted molar refractivity (Wildman–Crippen MR) is 88.5 cm³/mol. The van der Waals surface area contributed by atoms with E-state index in [0.29, 0.717) is 5.88 Å². The molecule has 0 radical (unpaired) electrons. The molecule has 1 heterocycles. The lowest BCUT2D eigenvalue weighted by Gasteiger charge is -2.11. The second-order valence-corrected chi connectivity index (χ2v) is 5.86. The van der Waals surface area contributed by atoms with E-state index in [1.54, 1.807) is 7.11 Å². The average molecular weight is 310 g/mol. The normalized spacial score (nSPS) is 11.5. The number of methoxy groups -OCH3 is 1. The van der Waals surface area contributed by atoms with E-state index in [1.807, 2.05) is 12.1 Å². The second-order valence-electron chi connectivity index (χ2n) is 5.48. The highest BCUT2D eigenvalue weighted by Gasteiger charge is 2.11. The molecule has 0 N–H and O–H groups in total. The van der Waals surface area contributed by atoms with Crippen LogP contribution >= 0.6 is 11.6 Å². The Labute approximate surface area is 131 Å². The molecule has 0 bridgehead atoms. The minimum absolute atomic E-state index is 0.595. The van der Waals surface area contributed by atoms with Crippen LogP contribution < -0.4 is 4.74 Å². The zero-order valence-corrected chi connectivity index (χ0v) is 13.9. The standard InChI is InChI=1S/C16H24ClN3O/c1-19(2)10-4-5-11-20-15-7-6-13(21-3)12-14(15)18-16(20)8-9-17/h6-7,12H,4-5,8-11H2,1-3H3. The Morgan fingerprint density at radius 2 is 2.10 bits per heavy atom. The molecule has 116 valence electrons. The summed E-state index contributed by atoms with van der Waals surface area (Å²) in [4.78, 5) is 6.93. The number of aryl methyl sites for hydroxylation is 2. The number of fused-ring (bicyclic) bond motifs is 1. The third-order valence-corrected chi connectivity index (χ3v) is 3.78. The molecule has 5 heteroatoms. The van der Waals surface area contributed by atoms with Crippen LogP contribution in [0, 0.1) is 0 Å². The van der Waals surface area contributed by atoms with Gasteiger partial charge < -0.3 is 14.2 Å². The van der Waals surface area contributed by atoms with Crippen molar-refractivity contribution in [3.63, 3.8) is 0 Å². The van der Waals surface area contributed by atoms with Gasteiger partial charge in [0.15, 0.2) is 0 Å².